The van der Waals surface area contributed by atoms with Crippen molar-refractivity contribution < 1.29 is 13.2 Å². The third-order valence-electron chi connectivity index (χ3n) is 4.66. The lowest BCUT2D eigenvalue weighted by Gasteiger charge is -2.28. The number of nitrogens with zero attached hydrogens (tertiary/aromatic N) is 1. The molecule has 1 amide bonds. The number of sulfonamides is 1. The Balaban J connectivity index is 2.22. The summed E-state index contributed by atoms with van der Waals surface area (Å²) >= 11 is 6.00. The summed E-state index contributed by atoms with van der Waals surface area (Å²) in [5.74, 6) is -0.366. The molecule has 2 aromatic carbocycles. The first kappa shape index (κ1) is 22.2. The Morgan fingerprint density at radius 1 is 1.11 bits per heavy atom. The predicted molar refractivity (Wildman–Crippen MR) is 115 cm³/mol. The van der Waals surface area contributed by atoms with Crippen LogP contribution < -0.4 is 9.62 Å². The van der Waals surface area contributed by atoms with Crippen molar-refractivity contribution in [2.45, 2.75) is 46.2 Å². The first-order chi connectivity index (χ1) is 13.2. The van der Waals surface area contributed by atoms with Crippen molar-refractivity contribution >= 4 is 33.2 Å². The molecule has 0 aliphatic rings. The molecule has 2 rings (SSSR count). The van der Waals surface area contributed by atoms with Gasteiger partial charge in [-0.05, 0) is 54.7 Å². The van der Waals surface area contributed by atoms with Gasteiger partial charge in [0.15, 0.2) is 0 Å². The normalized spacial score (nSPS) is 12.5. The molecular weight excluding hydrogens is 396 g/mol. The molecule has 5 nitrogen and oxygen atoms in total. The van der Waals surface area contributed by atoms with E-state index < -0.39 is 16.1 Å². The molecular formula is C21H27ClN2O3S. The van der Waals surface area contributed by atoms with Crippen molar-refractivity contribution in [3.05, 3.63) is 64.2 Å². The molecule has 28 heavy (non-hydrogen) atoms. The number of hydrogen-bond donors (Lipinski definition) is 1. The monoisotopic (exact) mass is 422 g/mol. The van der Waals surface area contributed by atoms with Gasteiger partial charge in [-0.3, -0.25) is 9.10 Å². The number of carbonyl (C=O) groups is 1. The zero-order valence-electron chi connectivity index (χ0n) is 16.7. The Labute approximate surface area is 172 Å². The molecule has 0 fully saturated rings. The number of rotatable bonds is 8. The summed E-state index contributed by atoms with van der Waals surface area (Å²) in [4.78, 5) is 12.8. The molecule has 0 saturated heterocycles. The highest BCUT2D eigenvalue weighted by Crippen LogP contribution is 2.24. The molecule has 0 spiro atoms. The number of nitrogens with one attached hydrogen (secondary N) is 1. The Bertz CT molecular complexity index is 944. The fourth-order valence-corrected chi connectivity index (χ4v) is 4.51. The second kappa shape index (κ2) is 9.43. The van der Waals surface area contributed by atoms with Gasteiger partial charge in [0, 0.05) is 11.6 Å². The Hall–Kier alpha value is -2.05. The SMILES string of the molecule is CCc1ccc(CC)c(CNC(=O)[C@H](C)N(c2cccc(Cl)c2)S(C)(=O)=O)c1. The van der Waals surface area contributed by atoms with Gasteiger partial charge in [-0.25, -0.2) is 8.42 Å². The number of amides is 1. The van der Waals surface area contributed by atoms with Gasteiger partial charge in [-0.2, -0.15) is 0 Å². The summed E-state index contributed by atoms with van der Waals surface area (Å²) in [6, 6.07) is 11.8. The van der Waals surface area contributed by atoms with E-state index in [9.17, 15) is 13.2 Å². The van der Waals surface area contributed by atoms with Crippen molar-refractivity contribution in [3.63, 3.8) is 0 Å². The number of anilines is 1. The number of aryl methyl sites for hydroxylation is 2. The lowest BCUT2D eigenvalue weighted by molar-refractivity contribution is -0.122. The van der Waals surface area contributed by atoms with E-state index in [1.54, 1.807) is 25.1 Å². The van der Waals surface area contributed by atoms with Gasteiger partial charge in [0.05, 0.1) is 11.9 Å². The average molecular weight is 423 g/mol. The summed E-state index contributed by atoms with van der Waals surface area (Å²) in [5.41, 5.74) is 3.78. The van der Waals surface area contributed by atoms with E-state index in [0.29, 0.717) is 17.3 Å². The lowest BCUT2D eigenvalue weighted by atomic mass is 10.0. The molecule has 0 bridgehead atoms. The molecule has 0 aliphatic heterocycles. The third kappa shape index (κ3) is 5.49. The highest BCUT2D eigenvalue weighted by atomic mass is 35.5. The van der Waals surface area contributed by atoms with Crippen LogP contribution in [0.25, 0.3) is 0 Å². The van der Waals surface area contributed by atoms with Crippen LogP contribution in [0.2, 0.25) is 5.02 Å². The average Bonchev–Trinajstić information content (AvgIpc) is 2.64. The van der Waals surface area contributed by atoms with Crippen molar-refractivity contribution in [3.8, 4) is 0 Å². The first-order valence-corrected chi connectivity index (χ1v) is 11.5. The van der Waals surface area contributed by atoms with Gasteiger partial charge in [0.2, 0.25) is 15.9 Å². The van der Waals surface area contributed by atoms with Crippen LogP contribution in [0.1, 0.15) is 37.5 Å². The van der Waals surface area contributed by atoms with Crippen LogP contribution >= 0.6 is 11.6 Å². The van der Waals surface area contributed by atoms with Gasteiger partial charge < -0.3 is 5.32 Å². The summed E-state index contributed by atoms with van der Waals surface area (Å²) in [6.45, 7) is 6.08. The van der Waals surface area contributed by atoms with Crippen LogP contribution in [0.5, 0.6) is 0 Å². The van der Waals surface area contributed by atoms with Gasteiger partial charge in [-0.1, -0.05) is 49.7 Å². The number of halogens is 1. The highest BCUT2D eigenvalue weighted by Gasteiger charge is 2.29. The Morgan fingerprint density at radius 3 is 2.39 bits per heavy atom. The van der Waals surface area contributed by atoms with E-state index in [4.69, 9.17) is 11.6 Å². The van der Waals surface area contributed by atoms with Gasteiger partial charge >= 0.3 is 0 Å². The van der Waals surface area contributed by atoms with E-state index in [0.717, 1.165) is 29.0 Å². The highest BCUT2D eigenvalue weighted by molar-refractivity contribution is 7.92. The minimum atomic E-state index is -3.67. The van der Waals surface area contributed by atoms with Gasteiger partial charge in [0.25, 0.3) is 0 Å². The fraction of sp³-hybridized carbons (Fsp3) is 0.381. The molecule has 2 aromatic rings. The molecule has 0 aliphatic carbocycles. The van der Waals surface area contributed by atoms with Crippen LogP contribution in [0.15, 0.2) is 42.5 Å². The van der Waals surface area contributed by atoms with Gasteiger partial charge in [-0.15, -0.1) is 0 Å². The predicted octanol–water partition coefficient (Wildman–Crippen LogP) is 3.94. The quantitative estimate of drug-likeness (QED) is 0.700. The molecule has 0 heterocycles. The van der Waals surface area contributed by atoms with Crippen molar-refractivity contribution in [2.24, 2.45) is 0 Å². The van der Waals surface area contributed by atoms with E-state index in [1.165, 1.54) is 17.2 Å². The smallest absolute Gasteiger partial charge is 0.243 e. The van der Waals surface area contributed by atoms with E-state index >= 15 is 0 Å². The molecule has 0 aromatic heterocycles. The summed E-state index contributed by atoms with van der Waals surface area (Å²) in [6.07, 6.45) is 2.86. The zero-order chi connectivity index (χ0) is 20.9. The Morgan fingerprint density at radius 2 is 1.82 bits per heavy atom. The van der Waals surface area contributed by atoms with Crippen LogP contribution in [-0.4, -0.2) is 26.6 Å². The Kier molecular flexibility index (Phi) is 7.49. The molecule has 1 N–H and O–H groups in total. The van der Waals surface area contributed by atoms with E-state index in [2.05, 4.69) is 37.4 Å². The minimum absolute atomic E-state index is 0.354. The van der Waals surface area contributed by atoms with Crippen molar-refractivity contribution in [1.29, 1.82) is 0 Å². The number of benzene rings is 2. The largest absolute Gasteiger partial charge is 0.350 e. The molecule has 152 valence electrons. The maximum Gasteiger partial charge on any atom is 0.243 e. The maximum atomic E-state index is 12.8. The second-order valence-electron chi connectivity index (χ2n) is 6.74. The molecule has 0 radical (unpaired) electrons. The van der Waals surface area contributed by atoms with Crippen LogP contribution in [-0.2, 0) is 34.2 Å². The summed E-state index contributed by atoms with van der Waals surface area (Å²) in [5, 5.41) is 3.29. The van der Waals surface area contributed by atoms with E-state index in [-0.39, 0.29) is 5.91 Å². The molecule has 0 unspecified atom stereocenters. The van der Waals surface area contributed by atoms with Crippen LogP contribution in [0, 0.1) is 0 Å². The fourth-order valence-electron chi connectivity index (χ4n) is 3.16. The van der Waals surface area contributed by atoms with E-state index in [1.807, 2.05) is 0 Å². The van der Waals surface area contributed by atoms with Crippen LogP contribution in [0.3, 0.4) is 0 Å². The summed E-state index contributed by atoms with van der Waals surface area (Å²) in [7, 11) is -3.67. The van der Waals surface area contributed by atoms with Gasteiger partial charge in [0.1, 0.15) is 6.04 Å². The maximum absolute atomic E-state index is 12.8. The standard InChI is InChI=1S/C21H27ClN2O3S/c1-5-16-10-11-17(6-2)18(12-16)14-23-21(25)15(3)24(28(4,26)27)20-9-7-8-19(22)13-20/h7-13,15H,5-6,14H2,1-4H3,(H,23,25)/t15-/m0/s1. The first-order valence-electron chi connectivity index (χ1n) is 9.30. The number of hydrogen-bond acceptors (Lipinski definition) is 3. The molecule has 7 heteroatoms. The van der Waals surface area contributed by atoms with Crippen LogP contribution in [0.4, 0.5) is 5.69 Å². The topological polar surface area (TPSA) is 66.5 Å². The zero-order valence-corrected chi connectivity index (χ0v) is 18.3. The molecule has 1 atom stereocenters. The van der Waals surface area contributed by atoms with Crippen molar-refractivity contribution in [1.82, 2.24) is 5.32 Å². The van der Waals surface area contributed by atoms with Crippen molar-refractivity contribution in [2.75, 3.05) is 10.6 Å². The summed E-state index contributed by atoms with van der Waals surface area (Å²) < 4.78 is 25.8. The third-order valence-corrected chi connectivity index (χ3v) is 6.14. The lowest BCUT2D eigenvalue weighted by Crippen LogP contribution is -2.47. The second-order valence-corrected chi connectivity index (χ2v) is 9.04. The minimum Gasteiger partial charge on any atom is -0.350 e. The number of carbonyl (C=O) groups excluding carboxylic acids is 1. The molecule has 0 saturated carbocycles.